The van der Waals surface area contributed by atoms with Crippen LogP contribution in [0.1, 0.15) is 284 Å². The Morgan fingerprint density at radius 3 is 1.04 bits per heavy atom. The van der Waals surface area contributed by atoms with Gasteiger partial charge in [-0.15, -0.1) is 0 Å². The Kier molecular flexibility index (Phi) is 43.9. The van der Waals surface area contributed by atoms with Gasteiger partial charge in [-0.3, -0.25) is 9.59 Å². The highest BCUT2D eigenvalue weighted by atomic mass is 16.5. The van der Waals surface area contributed by atoms with Crippen molar-refractivity contribution in [1.29, 1.82) is 0 Å². The molecule has 1 atom stereocenters. The maximum absolute atomic E-state index is 12.8. The average molecular weight is 747 g/mol. The molecule has 1 N–H and O–H groups in total. The molecule has 0 aromatic carbocycles. The van der Waals surface area contributed by atoms with Gasteiger partial charge in [-0.2, -0.15) is 0 Å². The van der Waals surface area contributed by atoms with E-state index in [2.05, 4.69) is 26.0 Å². The summed E-state index contributed by atoms with van der Waals surface area (Å²) >= 11 is 0. The molecule has 0 bridgehead atoms. The largest absolute Gasteiger partial charge is 0.481 e. The lowest BCUT2D eigenvalue weighted by atomic mass is 10.0. The van der Waals surface area contributed by atoms with Crippen LogP contribution in [0.3, 0.4) is 0 Å². The first-order valence-electron chi connectivity index (χ1n) is 24.2. The molecule has 0 radical (unpaired) electrons. The van der Waals surface area contributed by atoms with Crippen molar-refractivity contribution >= 4 is 11.9 Å². The van der Waals surface area contributed by atoms with E-state index in [1.807, 2.05) is 0 Å². The van der Waals surface area contributed by atoms with Gasteiger partial charge in [0.05, 0.1) is 0 Å². The van der Waals surface area contributed by atoms with Gasteiger partial charge in [-0.25, -0.2) is 0 Å². The number of carbonyl (C=O) groups excluding carboxylic acids is 1. The molecule has 0 aliphatic rings. The fraction of sp³-hybridized carbons (Fsp3) is 0.918. The van der Waals surface area contributed by atoms with Crippen molar-refractivity contribution in [2.24, 2.45) is 0 Å². The molecule has 0 aliphatic heterocycles. The second-order valence-corrected chi connectivity index (χ2v) is 16.7. The van der Waals surface area contributed by atoms with Gasteiger partial charge >= 0.3 is 11.9 Å². The van der Waals surface area contributed by atoms with Crippen molar-refractivity contribution in [2.75, 3.05) is 0 Å². The zero-order chi connectivity index (χ0) is 38.6. The standard InChI is InChI=1S/C49H94O4/c1-3-5-7-9-11-13-15-17-19-20-21-22-23-25-27-29-31-33-38-42-46-49(52)53-47(44-40-36-34-37-41-45-48(50)51)43-39-35-32-30-28-26-24-18-16-14-12-10-8-6-4-2/h26,28,47H,3-25,27,29-46H2,1-2H3,(H,50,51)/b28-26-. The number of ether oxygens (including phenoxy) is 1. The molecule has 1 unspecified atom stereocenters. The molecule has 0 aromatic rings. The van der Waals surface area contributed by atoms with Gasteiger partial charge in [0.25, 0.3) is 0 Å². The highest BCUT2D eigenvalue weighted by molar-refractivity contribution is 5.69. The smallest absolute Gasteiger partial charge is 0.306 e. The number of aliphatic carboxylic acids is 1. The molecule has 0 fully saturated rings. The van der Waals surface area contributed by atoms with Crippen molar-refractivity contribution in [1.82, 2.24) is 0 Å². The topological polar surface area (TPSA) is 63.6 Å². The number of rotatable bonds is 45. The lowest BCUT2D eigenvalue weighted by Gasteiger charge is -2.18. The molecular weight excluding hydrogens is 653 g/mol. The van der Waals surface area contributed by atoms with Crippen LogP contribution in [-0.2, 0) is 14.3 Å². The van der Waals surface area contributed by atoms with E-state index < -0.39 is 5.97 Å². The predicted octanol–water partition coefficient (Wildman–Crippen LogP) is 17.0. The van der Waals surface area contributed by atoms with Gasteiger partial charge < -0.3 is 9.84 Å². The Morgan fingerprint density at radius 2 is 0.679 bits per heavy atom. The zero-order valence-electron chi connectivity index (χ0n) is 36.1. The molecule has 0 saturated heterocycles. The normalized spacial score (nSPS) is 12.2. The Bertz CT molecular complexity index is 762. The fourth-order valence-corrected chi connectivity index (χ4v) is 7.65. The van der Waals surface area contributed by atoms with Crippen LogP contribution in [0.25, 0.3) is 0 Å². The number of hydrogen-bond acceptors (Lipinski definition) is 3. The number of carboxylic acids is 1. The second kappa shape index (κ2) is 45.1. The summed E-state index contributed by atoms with van der Waals surface area (Å²) in [5.74, 6) is -0.695. The molecule has 0 aliphatic carbocycles. The molecule has 4 nitrogen and oxygen atoms in total. The van der Waals surface area contributed by atoms with Gasteiger partial charge in [0, 0.05) is 12.8 Å². The molecule has 0 amide bonds. The third kappa shape index (κ3) is 45.0. The molecule has 0 saturated carbocycles. The van der Waals surface area contributed by atoms with Gasteiger partial charge in [0.1, 0.15) is 6.10 Å². The van der Waals surface area contributed by atoms with Crippen LogP contribution in [0.15, 0.2) is 12.2 Å². The summed E-state index contributed by atoms with van der Waals surface area (Å²) in [5.41, 5.74) is 0. The van der Waals surface area contributed by atoms with E-state index in [1.54, 1.807) is 0 Å². The Balaban J connectivity index is 3.93. The van der Waals surface area contributed by atoms with E-state index in [-0.39, 0.29) is 18.5 Å². The molecule has 0 aromatic heterocycles. The molecule has 53 heavy (non-hydrogen) atoms. The molecule has 314 valence electrons. The Morgan fingerprint density at radius 1 is 0.396 bits per heavy atom. The highest BCUT2D eigenvalue weighted by Crippen LogP contribution is 2.19. The van der Waals surface area contributed by atoms with E-state index >= 15 is 0 Å². The first-order valence-corrected chi connectivity index (χ1v) is 24.2. The summed E-state index contributed by atoms with van der Waals surface area (Å²) in [6, 6.07) is 0. The number of unbranched alkanes of at least 4 members (excludes halogenated alkanes) is 34. The minimum atomic E-state index is -0.698. The van der Waals surface area contributed by atoms with Crippen molar-refractivity contribution in [2.45, 2.75) is 290 Å². The molecular formula is C49H94O4. The van der Waals surface area contributed by atoms with E-state index in [1.165, 1.54) is 186 Å². The summed E-state index contributed by atoms with van der Waals surface area (Å²) in [7, 11) is 0. The Labute approximate surface area is 332 Å². The summed E-state index contributed by atoms with van der Waals surface area (Å²) in [4.78, 5) is 23.5. The monoisotopic (exact) mass is 747 g/mol. The molecule has 0 spiro atoms. The minimum absolute atomic E-state index is 0.00256. The van der Waals surface area contributed by atoms with Crippen LogP contribution >= 0.6 is 0 Å². The Hall–Kier alpha value is -1.32. The molecule has 4 heteroatoms. The van der Waals surface area contributed by atoms with Crippen molar-refractivity contribution in [3.05, 3.63) is 12.2 Å². The lowest BCUT2D eigenvalue weighted by Crippen LogP contribution is -2.18. The first-order chi connectivity index (χ1) is 26.1. The number of esters is 1. The van der Waals surface area contributed by atoms with Crippen LogP contribution in [0.5, 0.6) is 0 Å². The van der Waals surface area contributed by atoms with Gasteiger partial charge in [-0.1, -0.05) is 219 Å². The predicted molar refractivity (Wildman–Crippen MR) is 232 cm³/mol. The average Bonchev–Trinajstić information content (AvgIpc) is 3.14. The number of allylic oxidation sites excluding steroid dienone is 2. The van der Waals surface area contributed by atoms with Crippen LogP contribution < -0.4 is 0 Å². The van der Waals surface area contributed by atoms with E-state index in [4.69, 9.17) is 9.84 Å². The second-order valence-electron chi connectivity index (χ2n) is 16.7. The van der Waals surface area contributed by atoms with Crippen LogP contribution in [0.4, 0.5) is 0 Å². The summed E-state index contributed by atoms with van der Waals surface area (Å²) in [6.45, 7) is 4.58. The van der Waals surface area contributed by atoms with E-state index in [0.29, 0.717) is 6.42 Å². The maximum atomic E-state index is 12.8. The van der Waals surface area contributed by atoms with Crippen LogP contribution in [0.2, 0.25) is 0 Å². The molecule has 0 heterocycles. The fourth-order valence-electron chi connectivity index (χ4n) is 7.65. The highest BCUT2D eigenvalue weighted by Gasteiger charge is 2.14. The quantitative estimate of drug-likeness (QED) is 0.0383. The third-order valence-corrected chi connectivity index (χ3v) is 11.2. The van der Waals surface area contributed by atoms with Gasteiger partial charge in [0.2, 0.25) is 0 Å². The van der Waals surface area contributed by atoms with Crippen molar-refractivity contribution in [3.8, 4) is 0 Å². The van der Waals surface area contributed by atoms with E-state index in [0.717, 1.165) is 70.6 Å². The number of hydrogen-bond donors (Lipinski definition) is 1. The molecule has 0 rings (SSSR count). The number of carboxylic acid groups (broad SMARTS) is 1. The SMILES string of the molecule is CCCCCCCCCC/C=C\CCCCCC(CCCCCCCC(=O)O)OC(=O)CCCCCCCCCCCCCCCCCCCCCC. The third-order valence-electron chi connectivity index (χ3n) is 11.2. The summed E-state index contributed by atoms with van der Waals surface area (Å²) in [6.07, 6.45) is 56.9. The maximum Gasteiger partial charge on any atom is 0.306 e. The van der Waals surface area contributed by atoms with Gasteiger partial charge in [-0.05, 0) is 64.2 Å². The summed E-state index contributed by atoms with van der Waals surface area (Å²) in [5, 5.41) is 8.86. The lowest BCUT2D eigenvalue weighted by molar-refractivity contribution is -0.150. The van der Waals surface area contributed by atoms with E-state index in [9.17, 15) is 9.59 Å². The summed E-state index contributed by atoms with van der Waals surface area (Å²) < 4.78 is 6.04. The first kappa shape index (κ1) is 51.7. The number of carbonyl (C=O) groups is 2. The van der Waals surface area contributed by atoms with Crippen LogP contribution in [0, 0.1) is 0 Å². The van der Waals surface area contributed by atoms with Gasteiger partial charge in [0.15, 0.2) is 0 Å². The minimum Gasteiger partial charge on any atom is -0.481 e. The van der Waals surface area contributed by atoms with Crippen LogP contribution in [-0.4, -0.2) is 23.1 Å². The zero-order valence-corrected chi connectivity index (χ0v) is 36.1. The van der Waals surface area contributed by atoms with Crippen molar-refractivity contribution < 1.29 is 19.4 Å². The van der Waals surface area contributed by atoms with Crippen molar-refractivity contribution in [3.63, 3.8) is 0 Å².